The van der Waals surface area contributed by atoms with Gasteiger partial charge in [0.05, 0.1) is 19.9 Å². The maximum absolute atomic E-state index is 14.5. The van der Waals surface area contributed by atoms with Crippen molar-refractivity contribution in [1.29, 1.82) is 0 Å². The van der Waals surface area contributed by atoms with E-state index in [0.717, 1.165) is 19.0 Å². The summed E-state index contributed by atoms with van der Waals surface area (Å²) in [7, 11) is 2.64. The molecule has 0 saturated carbocycles. The lowest BCUT2D eigenvalue weighted by atomic mass is 10.1. The van der Waals surface area contributed by atoms with Gasteiger partial charge in [-0.25, -0.2) is 14.2 Å². The molecule has 152 valence electrons. The highest BCUT2D eigenvalue weighted by Gasteiger charge is 2.26. The van der Waals surface area contributed by atoms with Crippen molar-refractivity contribution in [1.82, 2.24) is 4.98 Å². The monoisotopic (exact) mass is 410 g/mol. The summed E-state index contributed by atoms with van der Waals surface area (Å²) in [6, 6.07) is 4.31. The second kappa shape index (κ2) is 9.59. The molecule has 1 aromatic heterocycles. The summed E-state index contributed by atoms with van der Waals surface area (Å²) in [5.41, 5.74) is 1.35. The Morgan fingerprint density at radius 1 is 1.25 bits per heavy atom. The molecular weight excluding hydrogens is 387 g/mol. The summed E-state index contributed by atoms with van der Waals surface area (Å²) in [6.45, 7) is 7.18. The maximum atomic E-state index is 14.5. The van der Waals surface area contributed by atoms with Crippen molar-refractivity contribution in [3.63, 3.8) is 0 Å². The first-order valence-corrected chi connectivity index (χ1v) is 9.29. The molecule has 0 fully saturated rings. The number of hydrogen-bond acceptors (Lipinski definition) is 6. The van der Waals surface area contributed by atoms with Gasteiger partial charge in [-0.2, -0.15) is 0 Å². The lowest BCUT2D eigenvalue weighted by Crippen LogP contribution is -2.26. The van der Waals surface area contributed by atoms with Crippen molar-refractivity contribution in [3.8, 4) is 17.4 Å². The van der Waals surface area contributed by atoms with Crippen LogP contribution < -0.4 is 14.4 Å². The fourth-order valence-electron chi connectivity index (χ4n) is 2.85. The summed E-state index contributed by atoms with van der Waals surface area (Å²) >= 11 is 5.88. The number of rotatable bonds is 8. The molecule has 0 aliphatic heterocycles. The molecule has 0 spiro atoms. The summed E-state index contributed by atoms with van der Waals surface area (Å²) in [5, 5.41) is 0.160. The lowest BCUT2D eigenvalue weighted by Gasteiger charge is -2.26. The number of carbonyl (C=O) groups is 1. The van der Waals surface area contributed by atoms with Crippen LogP contribution in [0.3, 0.4) is 0 Å². The number of halogens is 2. The molecule has 0 N–H and O–H groups in total. The number of methoxy groups -OCH3 is 2. The third kappa shape index (κ3) is 4.65. The molecule has 6 nitrogen and oxygen atoms in total. The van der Waals surface area contributed by atoms with Crippen molar-refractivity contribution in [2.45, 2.75) is 27.2 Å². The largest absolute Gasteiger partial charge is 0.493 e. The predicted octanol–water partition coefficient (Wildman–Crippen LogP) is 5.01. The number of carbonyl (C=O) groups excluding carboxylic acids is 1. The normalized spacial score (nSPS) is 10.5. The quantitative estimate of drug-likeness (QED) is 0.570. The van der Waals surface area contributed by atoms with E-state index in [9.17, 15) is 9.18 Å². The van der Waals surface area contributed by atoms with Gasteiger partial charge in [0.15, 0.2) is 11.6 Å². The molecule has 2 aromatic rings. The summed E-state index contributed by atoms with van der Waals surface area (Å²) in [5.74, 6) is -1.53. The smallest absolute Gasteiger partial charge is 0.345 e. The van der Waals surface area contributed by atoms with Gasteiger partial charge in [0.2, 0.25) is 11.6 Å². The number of hydrogen-bond donors (Lipinski definition) is 0. The molecule has 1 aromatic carbocycles. The first-order valence-electron chi connectivity index (χ1n) is 8.91. The third-order valence-electron chi connectivity index (χ3n) is 4.09. The fourth-order valence-corrected chi connectivity index (χ4v) is 3.04. The second-order valence-corrected chi connectivity index (χ2v) is 6.49. The van der Waals surface area contributed by atoms with E-state index in [1.165, 1.54) is 20.3 Å². The molecule has 0 aliphatic rings. The standard InChI is InChI=1S/C20H24ClFN2O4/c1-6-8-24(7-2)15-9-12(3)23-19(17(15)20(25)27-5)28-18-14(22)10-13(21)11-16(18)26-4/h9-11H,6-8H2,1-5H3. The van der Waals surface area contributed by atoms with Crippen molar-refractivity contribution >= 4 is 23.3 Å². The molecule has 0 radical (unpaired) electrons. The Bertz CT molecular complexity index is 861. The SMILES string of the molecule is CCCN(CC)c1cc(C)nc(Oc2c(F)cc(Cl)cc2OC)c1C(=O)OC. The molecule has 0 aliphatic carbocycles. The molecule has 0 amide bonds. The Balaban J connectivity index is 2.67. The highest BCUT2D eigenvalue weighted by atomic mass is 35.5. The molecule has 2 rings (SSSR count). The van der Waals surface area contributed by atoms with Crippen LogP contribution in [0.2, 0.25) is 5.02 Å². The Morgan fingerprint density at radius 2 is 1.96 bits per heavy atom. The average molecular weight is 411 g/mol. The van der Waals surface area contributed by atoms with Gasteiger partial charge in [0.25, 0.3) is 0 Å². The van der Waals surface area contributed by atoms with Crippen LogP contribution in [-0.2, 0) is 4.74 Å². The second-order valence-electron chi connectivity index (χ2n) is 6.06. The van der Waals surface area contributed by atoms with Crippen molar-refractivity contribution in [2.75, 3.05) is 32.2 Å². The molecule has 0 atom stereocenters. The number of benzene rings is 1. The Morgan fingerprint density at radius 3 is 2.54 bits per heavy atom. The number of aryl methyl sites for hydroxylation is 1. The van der Waals surface area contributed by atoms with Gasteiger partial charge in [0, 0.05) is 29.9 Å². The van der Waals surface area contributed by atoms with Crippen LogP contribution in [0.25, 0.3) is 0 Å². The van der Waals surface area contributed by atoms with E-state index in [4.69, 9.17) is 25.8 Å². The van der Waals surface area contributed by atoms with Gasteiger partial charge in [-0.05, 0) is 32.4 Å². The summed E-state index contributed by atoms with van der Waals surface area (Å²) in [4.78, 5) is 18.9. The number of anilines is 1. The first-order chi connectivity index (χ1) is 13.4. The predicted molar refractivity (Wildman–Crippen MR) is 107 cm³/mol. The molecule has 1 heterocycles. The Labute approximate surface area is 169 Å². The topological polar surface area (TPSA) is 60.9 Å². The van der Waals surface area contributed by atoms with Crippen molar-refractivity contribution in [3.05, 3.63) is 40.3 Å². The molecule has 0 bridgehead atoms. The van der Waals surface area contributed by atoms with Crippen molar-refractivity contribution < 1.29 is 23.4 Å². The van der Waals surface area contributed by atoms with Crippen LogP contribution in [0.4, 0.5) is 10.1 Å². The number of esters is 1. The number of nitrogens with zero attached hydrogens (tertiary/aromatic N) is 2. The van der Waals surface area contributed by atoms with E-state index in [0.29, 0.717) is 17.9 Å². The highest BCUT2D eigenvalue weighted by molar-refractivity contribution is 6.30. The van der Waals surface area contributed by atoms with Crippen LogP contribution in [0.1, 0.15) is 36.3 Å². The van der Waals surface area contributed by atoms with E-state index < -0.39 is 11.8 Å². The fraction of sp³-hybridized carbons (Fsp3) is 0.400. The molecule has 8 heteroatoms. The molecule has 0 unspecified atom stereocenters. The van der Waals surface area contributed by atoms with Crippen LogP contribution in [-0.4, -0.2) is 38.3 Å². The van der Waals surface area contributed by atoms with Crippen LogP contribution in [0, 0.1) is 12.7 Å². The minimum absolute atomic E-state index is 0.0593. The van der Waals surface area contributed by atoms with Crippen LogP contribution >= 0.6 is 11.6 Å². The van der Waals surface area contributed by atoms with Crippen LogP contribution in [0.5, 0.6) is 17.4 Å². The van der Waals surface area contributed by atoms with Crippen molar-refractivity contribution in [2.24, 2.45) is 0 Å². The minimum atomic E-state index is -0.731. The van der Waals surface area contributed by atoms with Gasteiger partial charge in [-0.1, -0.05) is 18.5 Å². The van der Waals surface area contributed by atoms with E-state index in [2.05, 4.69) is 4.98 Å². The Hall–Kier alpha value is -2.54. The summed E-state index contributed by atoms with van der Waals surface area (Å²) < 4.78 is 30.4. The number of pyridine rings is 1. The minimum Gasteiger partial charge on any atom is -0.493 e. The zero-order valence-corrected chi connectivity index (χ0v) is 17.4. The molecular formula is C20H24ClFN2O4. The van der Waals surface area contributed by atoms with E-state index in [1.54, 1.807) is 13.0 Å². The van der Waals surface area contributed by atoms with Gasteiger partial charge in [-0.3, -0.25) is 0 Å². The van der Waals surface area contributed by atoms with Gasteiger partial charge in [0.1, 0.15) is 5.56 Å². The van der Waals surface area contributed by atoms with Crippen LogP contribution in [0.15, 0.2) is 18.2 Å². The zero-order valence-electron chi connectivity index (χ0n) is 16.6. The van der Waals surface area contributed by atoms with Gasteiger partial charge >= 0.3 is 5.97 Å². The summed E-state index contributed by atoms with van der Waals surface area (Å²) in [6.07, 6.45) is 0.881. The van der Waals surface area contributed by atoms with E-state index in [1.807, 2.05) is 18.7 Å². The van der Waals surface area contributed by atoms with E-state index in [-0.39, 0.29) is 28.0 Å². The first kappa shape index (κ1) is 21.8. The lowest BCUT2D eigenvalue weighted by molar-refractivity contribution is 0.0597. The number of aromatic nitrogens is 1. The van der Waals surface area contributed by atoms with Gasteiger partial charge < -0.3 is 19.1 Å². The average Bonchev–Trinajstić information content (AvgIpc) is 2.66. The van der Waals surface area contributed by atoms with Gasteiger partial charge in [-0.15, -0.1) is 0 Å². The maximum Gasteiger partial charge on any atom is 0.345 e. The Kier molecular flexibility index (Phi) is 7.45. The van der Waals surface area contributed by atoms with E-state index >= 15 is 0 Å². The zero-order chi connectivity index (χ0) is 20.8. The number of ether oxygens (including phenoxy) is 3. The highest BCUT2D eigenvalue weighted by Crippen LogP contribution is 2.39. The third-order valence-corrected chi connectivity index (χ3v) is 4.31. The molecule has 28 heavy (non-hydrogen) atoms. The molecule has 0 saturated heterocycles.